The minimum atomic E-state index is -3.38. The molecule has 0 aliphatic carbocycles. The summed E-state index contributed by atoms with van der Waals surface area (Å²) in [5.41, 5.74) is 6.10. The molecular weight excluding hydrogens is 283 g/mol. The second-order valence-electron chi connectivity index (χ2n) is 3.63. The first-order valence-corrected chi connectivity index (χ1v) is 7.51. The molecule has 0 aliphatic rings. The zero-order valence-electron chi connectivity index (χ0n) is 9.33. The average Bonchev–Trinajstić information content (AvgIpc) is 2.23. The van der Waals surface area contributed by atoms with Gasteiger partial charge in [0.1, 0.15) is 0 Å². The van der Waals surface area contributed by atoms with Crippen molar-refractivity contribution in [1.29, 1.82) is 0 Å². The molecule has 0 saturated carbocycles. The topological polar surface area (TPSA) is 72.2 Å². The molecule has 17 heavy (non-hydrogen) atoms. The number of nitrogen functional groups attached to an aromatic ring is 1. The number of hydrogen-bond donors (Lipinski definition) is 2. The van der Waals surface area contributed by atoms with Crippen LogP contribution in [-0.4, -0.2) is 14.2 Å². The number of anilines is 2. The first-order chi connectivity index (χ1) is 7.85. The monoisotopic (exact) mass is 296 g/mol. The van der Waals surface area contributed by atoms with E-state index in [0.29, 0.717) is 12.1 Å². The van der Waals surface area contributed by atoms with Crippen molar-refractivity contribution in [3.05, 3.63) is 22.2 Å². The number of nitrogens with one attached hydrogen (secondary N) is 1. The van der Waals surface area contributed by atoms with Crippen LogP contribution in [0.1, 0.15) is 19.8 Å². The van der Waals surface area contributed by atoms with Crippen LogP contribution in [0.25, 0.3) is 0 Å². The highest BCUT2D eigenvalue weighted by Crippen LogP contribution is 2.31. The van der Waals surface area contributed by atoms with Crippen molar-refractivity contribution >= 4 is 44.6 Å². The molecule has 1 rings (SSSR count). The summed E-state index contributed by atoms with van der Waals surface area (Å²) in [6, 6.07) is 2.82. The van der Waals surface area contributed by atoms with Gasteiger partial charge in [-0.1, -0.05) is 36.5 Å². The maximum Gasteiger partial charge on any atom is 0.232 e. The summed E-state index contributed by atoms with van der Waals surface area (Å²) in [7, 11) is -3.38. The van der Waals surface area contributed by atoms with Gasteiger partial charge in [-0.05, 0) is 18.6 Å². The van der Waals surface area contributed by atoms with Crippen LogP contribution in [0.5, 0.6) is 0 Å². The molecule has 0 heterocycles. The molecule has 0 bridgehead atoms. The maximum absolute atomic E-state index is 11.7. The SMILES string of the molecule is CCCCS(=O)(=O)Nc1cc(Cl)c(N)cc1Cl. The van der Waals surface area contributed by atoms with Crippen LogP contribution >= 0.6 is 23.2 Å². The Morgan fingerprint density at radius 1 is 1.29 bits per heavy atom. The third kappa shape index (κ3) is 4.26. The van der Waals surface area contributed by atoms with E-state index in [1.165, 1.54) is 12.1 Å². The van der Waals surface area contributed by atoms with E-state index in [4.69, 9.17) is 28.9 Å². The minimum Gasteiger partial charge on any atom is -0.397 e. The Hall–Kier alpha value is -0.650. The molecule has 0 amide bonds. The maximum atomic E-state index is 11.7. The van der Waals surface area contributed by atoms with Crippen molar-refractivity contribution in [2.24, 2.45) is 0 Å². The lowest BCUT2D eigenvalue weighted by atomic mass is 10.3. The summed E-state index contributed by atoms with van der Waals surface area (Å²) in [6.07, 6.45) is 1.40. The first-order valence-electron chi connectivity index (χ1n) is 5.10. The Labute approximate surface area is 111 Å². The normalized spacial score (nSPS) is 11.5. The van der Waals surface area contributed by atoms with E-state index >= 15 is 0 Å². The van der Waals surface area contributed by atoms with Crippen LogP contribution in [0.4, 0.5) is 11.4 Å². The molecule has 0 unspecified atom stereocenters. The lowest BCUT2D eigenvalue weighted by Gasteiger charge is -2.10. The van der Waals surface area contributed by atoms with Crippen molar-refractivity contribution in [2.75, 3.05) is 16.2 Å². The lowest BCUT2D eigenvalue weighted by molar-refractivity contribution is 0.598. The van der Waals surface area contributed by atoms with Crippen LogP contribution < -0.4 is 10.5 Å². The molecule has 3 N–H and O–H groups in total. The lowest BCUT2D eigenvalue weighted by Crippen LogP contribution is -2.16. The fourth-order valence-corrected chi connectivity index (χ4v) is 2.91. The van der Waals surface area contributed by atoms with Crippen molar-refractivity contribution in [1.82, 2.24) is 0 Å². The molecular formula is C10H14Cl2N2O2S. The highest BCUT2D eigenvalue weighted by Gasteiger charge is 2.13. The van der Waals surface area contributed by atoms with Crippen molar-refractivity contribution in [3.8, 4) is 0 Å². The predicted molar refractivity (Wildman–Crippen MR) is 73.2 cm³/mol. The first kappa shape index (κ1) is 14.4. The van der Waals surface area contributed by atoms with Gasteiger partial charge in [0.2, 0.25) is 10.0 Å². The van der Waals surface area contributed by atoms with Crippen molar-refractivity contribution < 1.29 is 8.42 Å². The molecule has 7 heteroatoms. The number of nitrogens with two attached hydrogens (primary N) is 1. The molecule has 1 aromatic rings. The minimum absolute atomic E-state index is 0.0574. The van der Waals surface area contributed by atoms with E-state index in [-0.39, 0.29) is 21.5 Å². The summed E-state index contributed by atoms with van der Waals surface area (Å²) in [5, 5.41) is 0.495. The Kier molecular flexibility index (Phi) is 4.91. The van der Waals surface area contributed by atoms with Gasteiger partial charge in [-0.2, -0.15) is 0 Å². The Bertz CT molecular complexity index is 503. The summed E-state index contributed by atoms with van der Waals surface area (Å²) >= 11 is 11.7. The van der Waals surface area contributed by atoms with Gasteiger partial charge in [0, 0.05) is 0 Å². The summed E-state index contributed by atoms with van der Waals surface area (Å²) in [5.74, 6) is 0.0574. The number of rotatable bonds is 5. The van der Waals surface area contributed by atoms with Gasteiger partial charge in [0.15, 0.2) is 0 Å². The number of sulfonamides is 1. The van der Waals surface area contributed by atoms with E-state index in [1.54, 1.807) is 0 Å². The van der Waals surface area contributed by atoms with Gasteiger partial charge in [-0.15, -0.1) is 0 Å². The fraction of sp³-hybridized carbons (Fsp3) is 0.400. The van der Waals surface area contributed by atoms with Crippen LogP contribution in [0.3, 0.4) is 0 Å². The van der Waals surface area contributed by atoms with Gasteiger partial charge in [0.25, 0.3) is 0 Å². The third-order valence-corrected chi connectivity index (χ3v) is 4.12. The second-order valence-corrected chi connectivity index (χ2v) is 6.28. The molecule has 96 valence electrons. The Morgan fingerprint density at radius 3 is 2.53 bits per heavy atom. The third-order valence-electron chi connectivity index (χ3n) is 2.12. The largest absolute Gasteiger partial charge is 0.397 e. The number of benzene rings is 1. The summed E-state index contributed by atoms with van der Waals surface area (Å²) < 4.78 is 25.7. The van der Waals surface area contributed by atoms with Gasteiger partial charge in [-0.3, -0.25) is 4.72 Å². The number of halogens is 2. The van der Waals surface area contributed by atoms with Gasteiger partial charge in [0.05, 0.1) is 27.2 Å². The summed E-state index contributed by atoms with van der Waals surface area (Å²) in [4.78, 5) is 0. The number of hydrogen-bond acceptors (Lipinski definition) is 3. The van der Waals surface area contributed by atoms with Crippen molar-refractivity contribution in [2.45, 2.75) is 19.8 Å². The molecule has 4 nitrogen and oxygen atoms in total. The van der Waals surface area contributed by atoms with E-state index < -0.39 is 10.0 Å². The summed E-state index contributed by atoms with van der Waals surface area (Å²) in [6.45, 7) is 1.92. The molecule has 0 radical (unpaired) electrons. The molecule has 0 atom stereocenters. The average molecular weight is 297 g/mol. The van der Waals surface area contributed by atoms with Crippen LogP contribution in [0.2, 0.25) is 10.0 Å². The van der Waals surface area contributed by atoms with Crippen molar-refractivity contribution in [3.63, 3.8) is 0 Å². The van der Waals surface area contributed by atoms with E-state index in [1.807, 2.05) is 6.92 Å². The van der Waals surface area contributed by atoms with Crippen LogP contribution in [0, 0.1) is 0 Å². The zero-order chi connectivity index (χ0) is 13.1. The molecule has 0 spiro atoms. The quantitative estimate of drug-likeness (QED) is 0.820. The van der Waals surface area contributed by atoms with E-state index in [2.05, 4.69) is 4.72 Å². The van der Waals surface area contributed by atoms with Crippen LogP contribution in [0.15, 0.2) is 12.1 Å². The zero-order valence-corrected chi connectivity index (χ0v) is 11.7. The Morgan fingerprint density at radius 2 is 1.94 bits per heavy atom. The van der Waals surface area contributed by atoms with E-state index in [9.17, 15) is 8.42 Å². The molecule has 1 aromatic carbocycles. The fourth-order valence-electron chi connectivity index (χ4n) is 1.19. The Balaban J connectivity index is 2.92. The highest BCUT2D eigenvalue weighted by molar-refractivity contribution is 7.92. The second kappa shape index (κ2) is 5.80. The smallest absolute Gasteiger partial charge is 0.232 e. The standard InChI is InChI=1S/C10H14Cl2N2O2S/c1-2-3-4-17(15,16)14-10-6-7(11)9(13)5-8(10)12/h5-6,14H,2-4,13H2,1H3. The van der Waals surface area contributed by atoms with Gasteiger partial charge in [-0.25, -0.2) is 8.42 Å². The predicted octanol–water partition coefficient (Wildman–Crippen LogP) is 3.12. The highest BCUT2D eigenvalue weighted by atomic mass is 35.5. The van der Waals surface area contributed by atoms with Gasteiger partial charge >= 0.3 is 0 Å². The molecule has 0 aromatic heterocycles. The molecule has 0 fully saturated rings. The molecule has 0 aliphatic heterocycles. The number of unbranched alkanes of at least 4 members (excludes halogenated alkanes) is 1. The van der Waals surface area contributed by atoms with Crippen LogP contribution in [-0.2, 0) is 10.0 Å². The van der Waals surface area contributed by atoms with E-state index in [0.717, 1.165) is 6.42 Å². The van der Waals surface area contributed by atoms with Gasteiger partial charge < -0.3 is 5.73 Å². The molecule has 0 saturated heterocycles.